The molecule has 1 aromatic heterocycles. The molecule has 2 rings (SSSR count). The van der Waals surface area contributed by atoms with E-state index >= 15 is 0 Å². The summed E-state index contributed by atoms with van der Waals surface area (Å²) in [5.74, 6) is -1.76. The second kappa shape index (κ2) is 4.63. The fraction of sp³-hybridized carbons (Fsp3) is 0.600. The highest BCUT2D eigenvalue weighted by Gasteiger charge is 2.50. The minimum Gasteiger partial charge on any atom is -0.391 e. The zero-order valence-corrected chi connectivity index (χ0v) is 9.63. The summed E-state index contributed by atoms with van der Waals surface area (Å²) in [7, 11) is 1.21. The molecule has 8 heteroatoms. The predicted molar refractivity (Wildman–Crippen MR) is 57.8 cm³/mol. The summed E-state index contributed by atoms with van der Waals surface area (Å²) < 4.78 is 24.9. The van der Waals surface area contributed by atoms with Gasteiger partial charge in [0.25, 0.3) is 5.56 Å². The van der Waals surface area contributed by atoms with E-state index in [2.05, 4.69) is 0 Å². The van der Waals surface area contributed by atoms with E-state index in [9.17, 15) is 14.0 Å². The van der Waals surface area contributed by atoms with Gasteiger partial charge < -0.3 is 14.6 Å². The van der Waals surface area contributed by atoms with Gasteiger partial charge in [0.2, 0.25) is 5.79 Å². The van der Waals surface area contributed by atoms with E-state index in [1.807, 2.05) is 4.98 Å². The zero-order chi connectivity index (χ0) is 13.3. The molecule has 18 heavy (non-hydrogen) atoms. The van der Waals surface area contributed by atoms with E-state index in [0.29, 0.717) is 0 Å². The van der Waals surface area contributed by atoms with Crippen LogP contribution in [0, 0.1) is 0 Å². The zero-order valence-electron chi connectivity index (χ0n) is 9.63. The standard InChI is InChI=1S/C10H13FN2O5/c1-17-10(5-14)6(11)4-8(18-10)13-3-2-7(15)12-9(13)16/h2-3,6,8,14H,4-5H2,1H3,(H,12,15,16)/t6?,8-,10-/m1/s1. The molecule has 2 heterocycles. The third kappa shape index (κ3) is 1.98. The average Bonchev–Trinajstić information content (AvgIpc) is 2.67. The first-order chi connectivity index (χ1) is 8.52. The Balaban J connectivity index is 2.32. The number of aromatic amines is 1. The van der Waals surface area contributed by atoms with Crippen LogP contribution in [0.1, 0.15) is 12.6 Å². The minimum absolute atomic E-state index is 0.152. The summed E-state index contributed by atoms with van der Waals surface area (Å²) in [6.45, 7) is -0.667. The number of rotatable bonds is 3. The molecule has 7 nitrogen and oxygen atoms in total. The molecule has 1 aliphatic rings. The van der Waals surface area contributed by atoms with Crippen molar-refractivity contribution in [1.82, 2.24) is 9.55 Å². The van der Waals surface area contributed by atoms with E-state index in [1.54, 1.807) is 0 Å². The van der Waals surface area contributed by atoms with E-state index in [1.165, 1.54) is 13.3 Å². The maximum absolute atomic E-state index is 13.8. The van der Waals surface area contributed by atoms with Crippen molar-refractivity contribution in [3.63, 3.8) is 0 Å². The van der Waals surface area contributed by atoms with Crippen LogP contribution in [0.4, 0.5) is 4.39 Å². The molecule has 1 unspecified atom stereocenters. The van der Waals surface area contributed by atoms with E-state index < -0.39 is 36.0 Å². The highest BCUT2D eigenvalue weighted by Crippen LogP contribution is 2.38. The third-order valence-electron chi connectivity index (χ3n) is 2.95. The van der Waals surface area contributed by atoms with Crippen molar-refractivity contribution in [2.24, 2.45) is 0 Å². The molecule has 1 aromatic rings. The monoisotopic (exact) mass is 260 g/mol. The van der Waals surface area contributed by atoms with Crippen LogP contribution in [-0.2, 0) is 9.47 Å². The number of hydrogen-bond donors (Lipinski definition) is 2. The third-order valence-corrected chi connectivity index (χ3v) is 2.95. The molecule has 1 aliphatic heterocycles. The normalized spacial score (nSPS) is 31.7. The van der Waals surface area contributed by atoms with Gasteiger partial charge in [-0.25, -0.2) is 9.18 Å². The van der Waals surface area contributed by atoms with Gasteiger partial charge in [-0.15, -0.1) is 0 Å². The minimum atomic E-state index is -1.76. The molecule has 3 atom stereocenters. The first-order valence-electron chi connectivity index (χ1n) is 5.32. The summed E-state index contributed by atoms with van der Waals surface area (Å²) in [6, 6.07) is 1.13. The lowest BCUT2D eigenvalue weighted by molar-refractivity contribution is -0.260. The van der Waals surface area contributed by atoms with Crippen molar-refractivity contribution in [1.29, 1.82) is 0 Å². The van der Waals surface area contributed by atoms with Crippen molar-refractivity contribution in [2.45, 2.75) is 24.6 Å². The van der Waals surface area contributed by atoms with Gasteiger partial charge in [0, 0.05) is 25.8 Å². The molecule has 0 aliphatic carbocycles. The molecule has 0 spiro atoms. The summed E-state index contributed by atoms with van der Waals surface area (Å²) in [5.41, 5.74) is -1.25. The van der Waals surface area contributed by atoms with Gasteiger partial charge in [0.1, 0.15) is 12.8 Å². The van der Waals surface area contributed by atoms with E-state index in [0.717, 1.165) is 10.6 Å². The van der Waals surface area contributed by atoms with Crippen LogP contribution in [0.2, 0.25) is 0 Å². The van der Waals surface area contributed by atoms with Crippen LogP contribution < -0.4 is 11.2 Å². The van der Waals surface area contributed by atoms with Gasteiger partial charge in [-0.1, -0.05) is 0 Å². The lowest BCUT2D eigenvalue weighted by Crippen LogP contribution is -2.43. The number of aliphatic hydroxyl groups is 1. The first-order valence-corrected chi connectivity index (χ1v) is 5.32. The van der Waals surface area contributed by atoms with Gasteiger partial charge in [-0.3, -0.25) is 14.3 Å². The maximum Gasteiger partial charge on any atom is 0.330 e. The van der Waals surface area contributed by atoms with Gasteiger partial charge in [-0.05, 0) is 0 Å². The molecule has 1 saturated heterocycles. The Morgan fingerprint density at radius 2 is 2.44 bits per heavy atom. The Kier molecular flexibility index (Phi) is 3.33. The lowest BCUT2D eigenvalue weighted by atomic mass is 10.1. The average molecular weight is 260 g/mol. The summed E-state index contributed by atoms with van der Waals surface area (Å²) >= 11 is 0. The summed E-state index contributed by atoms with van der Waals surface area (Å²) in [5, 5.41) is 9.13. The number of methoxy groups -OCH3 is 1. The lowest BCUT2D eigenvalue weighted by Gasteiger charge is -2.26. The second-order valence-corrected chi connectivity index (χ2v) is 3.97. The first kappa shape index (κ1) is 12.9. The molecule has 0 saturated carbocycles. The highest BCUT2D eigenvalue weighted by atomic mass is 19.1. The largest absolute Gasteiger partial charge is 0.391 e. The van der Waals surface area contributed by atoms with Gasteiger partial charge in [0.05, 0.1) is 0 Å². The number of ether oxygens (including phenoxy) is 2. The summed E-state index contributed by atoms with van der Waals surface area (Å²) in [6.07, 6.45) is -1.45. The van der Waals surface area contributed by atoms with Crippen molar-refractivity contribution in [2.75, 3.05) is 13.7 Å². The molecular formula is C10H13FN2O5. The van der Waals surface area contributed by atoms with Crippen LogP contribution in [0.15, 0.2) is 21.9 Å². The van der Waals surface area contributed by atoms with Gasteiger partial charge >= 0.3 is 5.69 Å². The number of halogens is 1. The Hall–Kier alpha value is -1.51. The second-order valence-electron chi connectivity index (χ2n) is 3.97. The Bertz CT molecular complexity index is 536. The van der Waals surface area contributed by atoms with Crippen molar-refractivity contribution < 1.29 is 19.0 Å². The van der Waals surface area contributed by atoms with Crippen molar-refractivity contribution in [3.8, 4) is 0 Å². The SMILES string of the molecule is CO[C@]1(CO)O[C@@H](n2ccc(=O)[nH]c2=O)CC1F. The van der Waals surface area contributed by atoms with Crippen LogP contribution in [0.5, 0.6) is 0 Å². The quantitative estimate of drug-likeness (QED) is 0.736. The molecular weight excluding hydrogens is 247 g/mol. The molecule has 2 N–H and O–H groups in total. The van der Waals surface area contributed by atoms with Crippen LogP contribution >= 0.6 is 0 Å². The smallest absolute Gasteiger partial charge is 0.330 e. The predicted octanol–water partition coefficient (Wildman–Crippen LogP) is -0.871. The maximum atomic E-state index is 13.8. The number of H-pyrrole nitrogens is 1. The van der Waals surface area contributed by atoms with Crippen molar-refractivity contribution >= 4 is 0 Å². The van der Waals surface area contributed by atoms with Gasteiger partial charge in [0.15, 0.2) is 6.17 Å². The number of nitrogens with zero attached hydrogens (tertiary/aromatic N) is 1. The topological polar surface area (TPSA) is 93.5 Å². The number of alkyl halides is 1. The summed E-state index contributed by atoms with van der Waals surface area (Å²) in [4.78, 5) is 24.5. The Morgan fingerprint density at radius 1 is 1.72 bits per heavy atom. The number of nitrogens with one attached hydrogen (secondary N) is 1. The number of aromatic nitrogens is 2. The molecule has 0 amide bonds. The fourth-order valence-electron chi connectivity index (χ4n) is 1.91. The van der Waals surface area contributed by atoms with Crippen LogP contribution in [0.25, 0.3) is 0 Å². The van der Waals surface area contributed by atoms with Crippen molar-refractivity contribution in [3.05, 3.63) is 33.1 Å². The fourth-order valence-corrected chi connectivity index (χ4v) is 1.91. The molecule has 100 valence electrons. The van der Waals surface area contributed by atoms with Gasteiger partial charge in [-0.2, -0.15) is 0 Å². The molecule has 0 aromatic carbocycles. The Labute approximate surface area is 101 Å². The van der Waals surface area contributed by atoms with E-state index in [4.69, 9.17) is 14.6 Å². The highest BCUT2D eigenvalue weighted by molar-refractivity contribution is 4.92. The van der Waals surface area contributed by atoms with Crippen LogP contribution in [-0.4, -0.2) is 40.3 Å². The number of hydrogen-bond acceptors (Lipinski definition) is 5. The van der Waals surface area contributed by atoms with E-state index in [-0.39, 0.29) is 6.42 Å². The molecule has 0 radical (unpaired) electrons. The van der Waals surface area contributed by atoms with Crippen LogP contribution in [0.3, 0.4) is 0 Å². The number of aliphatic hydroxyl groups excluding tert-OH is 1. The molecule has 1 fully saturated rings. The molecule has 0 bridgehead atoms. The Morgan fingerprint density at radius 3 is 2.94 bits per heavy atom.